The minimum atomic E-state index is -1.23. The van der Waals surface area contributed by atoms with Gasteiger partial charge >= 0.3 is 5.97 Å². The Morgan fingerprint density at radius 3 is 2.91 bits per heavy atom. The molecule has 17 heteroatoms. The Labute approximate surface area is 210 Å². The third-order valence-electron chi connectivity index (χ3n) is 4.91. The van der Waals surface area contributed by atoms with Gasteiger partial charge in [-0.25, -0.2) is 14.5 Å². The zero-order valence-electron chi connectivity index (χ0n) is 18.3. The fourth-order valence-corrected chi connectivity index (χ4v) is 5.78. The minimum Gasteiger partial charge on any atom is -0.477 e. The average Bonchev–Trinajstić information content (AvgIpc) is 3.45. The molecule has 2 atom stereocenters. The zero-order valence-corrected chi connectivity index (χ0v) is 20.8. The molecular weight excluding hydrogens is 518 g/mol. The number of carbonyl (C=O) groups excluding carboxylic acids is 2. The van der Waals surface area contributed by atoms with Crippen LogP contribution in [-0.2, 0) is 26.3 Å². The molecule has 2 aliphatic heterocycles. The summed E-state index contributed by atoms with van der Waals surface area (Å²) >= 11 is 3.80. The number of amides is 2. The Hall–Kier alpha value is -3.44. The first kappa shape index (κ1) is 24.7. The minimum absolute atomic E-state index is 0.124. The van der Waals surface area contributed by atoms with Gasteiger partial charge in [0.05, 0.1) is 6.04 Å². The van der Waals surface area contributed by atoms with Crippen LogP contribution in [0, 0.1) is 0 Å². The number of oxime groups is 1. The summed E-state index contributed by atoms with van der Waals surface area (Å²) in [6, 6.07) is -1.44. The van der Waals surface area contributed by atoms with Crippen LogP contribution in [0.15, 0.2) is 38.4 Å². The van der Waals surface area contributed by atoms with E-state index in [4.69, 9.17) is 10.6 Å². The number of allylic oxidation sites excluding steroid dienone is 1. The SMILES string of the molecule is CO/N=C(/C(=O)NC1C(=O)N2C(C(=O)O)=C(/C=C/CSc3nnnn3C)SCC12)c1csc(N)n1. The normalized spacial score (nSPS) is 20.1. The van der Waals surface area contributed by atoms with E-state index in [1.807, 2.05) is 0 Å². The summed E-state index contributed by atoms with van der Waals surface area (Å²) in [6.45, 7) is 0. The van der Waals surface area contributed by atoms with Crippen molar-refractivity contribution in [1.82, 2.24) is 35.4 Å². The zero-order chi connectivity index (χ0) is 25.1. The third-order valence-corrected chi connectivity index (χ3v) is 7.70. The molecule has 2 aliphatic rings. The maximum Gasteiger partial charge on any atom is 0.353 e. The molecule has 35 heavy (non-hydrogen) atoms. The number of aliphatic carboxylic acids is 1. The van der Waals surface area contributed by atoms with E-state index in [0.29, 0.717) is 21.6 Å². The van der Waals surface area contributed by atoms with E-state index in [2.05, 4.69) is 31.0 Å². The summed E-state index contributed by atoms with van der Waals surface area (Å²) in [5.74, 6) is -1.54. The summed E-state index contributed by atoms with van der Waals surface area (Å²) in [5.41, 5.74) is 5.58. The van der Waals surface area contributed by atoms with E-state index in [-0.39, 0.29) is 22.2 Å². The highest BCUT2D eigenvalue weighted by Gasteiger charge is 2.54. The first-order valence-electron chi connectivity index (χ1n) is 9.90. The van der Waals surface area contributed by atoms with Crippen LogP contribution in [-0.4, -0.2) is 89.4 Å². The van der Waals surface area contributed by atoms with Crippen LogP contribution >= 0.6 is 34.9 Å². The average molecular weight is 538 g/mol. The largest absolute Gasteiger partial charge is 0.477 e. The van der Waals surface area contributed by atoms with Gasteiger partial charge in [-0.15, -0.1) is 28.2 Å². The molecule has 4 heterocycles. The summed E-state index contributed by atoms with van der Waals surface area (Å²) in [4.78, 5) is 48.1. The molecular formula is C18H19N9O5S3. The van der Waals surface area contributed by atoms with Crippen molar-refractivity contribution < 1.29 is 24.3 Å². The Morgan fingerprint density at radius 1 is 1.49 bits per heavy atom. The molecule has 0 spiro atoms. The number of carboxylic acid groups (broad SMARTS) is 1. The molecule has 0 saturated carbocycles. The fourth-order valence-electron chi connectivity index (χ4n) is 3.37. The molecule has 0 radical (unpaired) electrons. The molecule has 2 unspecified atom stereocenters. The van der Waals surface area contributed by atoms with Crippen molar-refractivity contribution in [2.75, 3.05) is 24.3 Å². The predicted octanol–water partition coefficient (Wildman–Crippen LogP) is -0.314. The first-order valence-corrected chi connectivity index (χ1v) is 12.8. The van der Waals surface area contributed by atoms with Crippen LogP contribution in [0.4, 0.5) is 5.13 Å². The summed E-state index contributed by atoms with van der Waals surface area (Å²) in [5, 5.41) is 29.7. The van der Waals surface area contributed by atoms with E-state index in [1.54, 1.807) is 24.6 Å². The number of β-lactam (4-membered cyclic amide) rings is 1. The monoisotopic (exact) mass is 537 g/mol. The number of anilines is 1. The molecule has 0 aromatic carbocycles. The second-order valence-electron chi connectivity index (χ2n) is 7.05. The predicted molar refractivity (Wildman–Crippen MR) is 128 cm³/mol. The molecule has 2 amide bonds. The summed E-state index contributed by atoms with van der Waals surface area (Å²) in [6.07, 6.45) is 3.44. The van der Waals surface area contributed by atoms with Crippen LogP contribution < -0.4 is 11.1 Å². The third kappa shape index (κ3) is 5.01. The number of nitrogens with one attached hydrogen (secondary N) is 1. The lowest BCUT2D eigenvalue weighted by Gasteiger charge is -2.49. The van der Waals surface area contributed by atoms with E-state index in [1.165, 1.54) is 40.2 Å². The van der Waals surface area contributed by atoms with Crippen LogP contribution in [0.2, 0.25) is 0 Å². The van der Waals surface area contributed by atoms with E-state index in [0.717, 1.165) is 11.3 Å². The maximum absolute atomic E-state index is 12.9. The molecule has 2 aromatic rings. The number of nitrogens with zero attached hydrogens (tertiary/aromatic N) is 7. The molecule has 14 nitrogen and oxygen atoms in total. The Bertz CT molecular complexity index is 1250. The highest BCUT2D eigenvalue weighted by atomic mass is 32.2. The van der Waals surface area contributed by atoms with Crippen molar-refractivity contribution in [3.63, 3.8) is 0 Å². The molecule has 184 valence electrons. The Kier molecular flexibility index (Phi) is 7.37. The number of thioether (sulfide) groups is 2. The van der Waals surface area contributed by atoms with Crippen molar-refractivity contribution in [3.05, 3.63) is 33.8 Å². The number of nitrogens with two attached hydrogens (primary N) is 1. The smallest absolute Gasteiger partial charge is 0.353 e. The Morgan fingerprint density at radius 2 is 2.29 bits per heavy atom. The number of nitrogen functional groups attached to an aromatic ring is 1. The van der Waals surface area contributed by atoms with Crippen LogP contribution in [0.5, 0.6) is 0 Å². The number of aromatic nitrogens is 5. The van der Waals surface area contributed by atoms with E-state index in [9.17, 15) is 19.5 Å². The van der Waals surface area contributed by atoms with E-state index < -0.39 is 29.9 Å². The van der Waals surface area contributed by atoms with Gasteiger partial charge in [0.15, 0.2) is 10.8 Å². The molecule has 0 bridgehead atoms. The number of aryl methyl sites for hydroxylation is 1. The van der Waals surface area contributed by atoms with Gasteiger partial charge in [0, 0.05) is 28.8 Å². The summed E-state index contributed by atoms with van der Waals surface area (Å²) < 4.78 is 1.53. The molecule has 1 fully saturated rings. The van der Waals surface area contributed by atoms with Gasteiger partial charge in [-0.1, -0.05) is 23.0 Å². The van der Waals surface area contributed by atoms with E-state index >= 15 is 0 Å². The lowest BCUT2D eigenvalue weighted by atomic mass is 9.94. The van der Waals surface area contributed by atoms with Gasteiger partial charge in [0.1, 0.15) is 24.5 Å². The highest BCUT2D eigenvalue weighted by Crippen LogP contribution is 2.39. The molecule has 1 saturated heterocycles. The quantitative estimate of drug-likeness (QED) is 0.164. The number of carbonyl (C=O) groups is 3. The van der Waals surface area contributed by atoms with Gasteiger partial charge in [0.2, 0.25) is 5.16 Å². The van der Waals surface area contributed by atoms with Crippen molar-refractivity contribution >= 4 is 63.5 Å². The lowest BCUT2D eigenvalue weighted by molar-refractivity contribution is -0.153. The van der Waals surface area contributed by atoms with Crippen molar-refractivity contribution in [1.29, 1.82) is 0 Å². The molecule has 4 N–H and O–H groups in total. The van der Waals surface area contributed by atoms with Crippen LogP contribution in [0.1, 0.15) is 5.69 Å². The molecule has 2 aromatic heterocycles. The second-order valence-corrected chi connectivity index (χ2v) is 9.99. The van der Waals surface area contributed by atoms with Gasteiger partial charge in [-0.05, 0) is 16.5 Å². The number of hydrogen-bond acceptors (Lipinski definition) is 13. The number of hydrogen-bond donors (Lipinski definition) is 3. The van der Waals surface area contributed by atoms with Gasteiger partial charge < -0.3 is 21.0 Å². The van der Waals surface area contributed by atoms with Crippen LogP contribution in [0.25, 0.3) is 0 Å². The highest BCUT2D eigenvalue weighted by molar-refractivity contribution is 8.03. The maximum atomic E-state index is 12.9. The number of fused-ring (bicyclic) bond motifs is 1. The Balaban J connectivity index is 1.45. The number of thiazole rings is 1. The molecule has 0 aliphatic carbocycles. The van der Waals surface area contributed by atoms with Gasteiger partial charge in [-0.2, -0.15) is 0 Å². The lowest BCUT2D eigenvalue weighted by Crippen LogP contribution is -2.73. The molecule has 4 rings (SSSR count). The number of carboxylic acids is 1. The van der Waals surface area contributed by atoms with Gasteiger partial charge in [-0.3, -0.25) is 14.5 Å². The first-order chi connectivity index (χ1) is 16.8. The van der Waals surface area contributed by atoms with Gasteiger partial charge in [0.25, 0.3) is 11.8 Å². The number of rotatable bonds is 9. The van der Waals surface area contributed by atoms with Crippen LogP contribution in [0.3, 0.4) is 0 Å². The van der Waals surface area contributed by atoms with Crippen molar-refractivity contribution in [3.8, 4) is 0 Å². The summed E-state index contributed by atoms with van der Waals surface area (Å²) in [7, 11) is 2.99. The fraction of sp³-hybridized carbons (Fsp3) is 0.333. The number of tetrazole rings is 1. The standard InChI is InChI=1S/C18H19N9O5S3/c1-26-18(22-24-25-26)33-5-3-4-10-13(16(30)31)27-9(7-34-10)12(15(27)29)21-14(28)11(23-32-2)8-6-35-17(19)20-8/h3-4,6,9,12H,5,7H2,1-2H3,(H2,19,20)(H,21,28)(H,30,31)/b4-3+,23-11+. The second kappa shape index (κ2) is 10.4. The van der Waals surface area contributed by atoms with Crippen molar-refractivity contribution in [2.24, 2.45) is 12.2 Å². The topological polar surface area (TPSA) is 191 Å². The van der Waals surface area contributed by atoms with Crippen molar-refractivity contribution in [2.45, 2.75) is 17.2 Å².